The third-order valence-corrected chi connectivity index (χ3v) is 7.86. The number of amides is 1. The van der Waals surface area contributed by atoms with Gasteiger partial charge in [-0.05, 0) is 30.7 Å². The van der Waals surface area contributed by atoms with E-state index in [1.165, 1.54) is 24.5 Å². The van der Waals surface area contributed by atoms with E-state index in [9.17, 15) is 22.0 Å². The highest BCUT2D eigenvalue weighted by Gasteiger charge is 2.41. The van der Waals surface area contributed by atoms with Crippen molar-refractivity contribution in [3.05, 3.63) is 59.2 Å². The van der Waals surface area contributed by atoms with Crippen LogP contribution < -0.4 is 10.0 Å². The summed E-state index contributed by atoms with van der Waals surface area (Å²) in [6.45, 7) is 0. The van der Waals surface area contributed by atoms with Crippen molar-refractivity contribution in [3.8, 4) is 10.4 Å². The lowest BCUT2D eigenvalue weighted by molar-refractivity contribution is -0.120. The highest BCUT2D eigenvalue weighted by Crippen LogP contribution is 2.36. The molecule has 2 atom stereocenters. The third kappa shape index (κ3) is 4.37. The van der Waals surface area contributed by atoms with Crippen molar-refractivity contribution < 1.29 is 22.0 Å². The Bertz CT molecular complexity index is 1240. The van der Waals surface area contributed by atoms with Gasteiger partial charge in [0.2, 0.25) is 5.91 Å². The summed E-state index contributed by atoms with van der Waals surface area (Å²) in [4.78, 5) is 14.5. The number of aryl methyl sites for hydroxylation is 1. The zero-order valence-corrected chi connectivity index (χ0v) is 18.2. The lowest BCUT2D eigenvalue weighted by Crippen LogP contribution is -2.55. The lowest BCUT2D eigenvalue weighted by atomic mass is 10.1. The molecule has 0 aliphatic carbocycles. The first-order chi connectivity index (χ1) is 14.6. The first kappa shape index (κ1) is 21.6. The molecule has 1 amide bonds. The van der Waals surface area contributed by atoms with Gasteiger partial charge in [0.05, 0.1) is 12.2 Å². The van der Waals surface area contributed by atoms with Crippen LogP contribution in [0.5, 0.6) is 0 Å². The molecule has 1 aliphatic rings. The SMILES string of the molecule is CN1C(C(=O)Nc2ccc(F)c(F)c2)CC(c2ccc(-c3cnn(C)c3)s2)NS1(=O)=O. The van der Waals surface area contributed by atoms with Gasteiger partial charge in [0.25, 0.3) is 10.2 Å². The molecular weight excluding hydrogens is 448 g/mol. The molecule has 31 heavy (non-hydrogen) atoms. The van der Waals surface area contributed by atoms with E-state index in [1.54, 1.807) is 17.9 Å². The van der Waals surface area contributed by atoms with Crippen LogP contribution in [0, 0.1) is 11.6 Å². The van der Waals surface area contributed by atoms with Crippen molar-refractivity contribution in [3.63, 3.8) is 0 Å². The van der Waals surface area contributed by atoms with E-state index in [1.807, 2.05) is 18.3 Å². The summed E-state index contributed by atoms with van der Waals surface area (Å²) >= 11 is 1.41. The first-order valence-electron chi connectivity index (χ1n) is 9.24. The number of carbonyl (C=O) groups excluding carboxylic acids is 1. The van der Waals surface area contributed by atoms with Gasteiger partial charge < -0.3 is 5.32 Å². The van der Waals surface area contributed by atoms with Crippen LogP contribution >= 0.6 is 11.3 Å². The Hall–Kier alpha value is -2.67. The standard InChI is InChI=1S/C19H19F2N5O3S2/c1-25-10-11(9-22-25)17-5-6-18(30-17)15-8-16(26(2)31(28,29)24-15)19(27)23-12-3-4-13(20)14(21)7-12/h3-7,9-10,15-16,24H,8H2,1-2H3,(H,23,27). The van der Waals surface area contributed by atoms with Crippen LogP contribution in [0.3, 0.4) is 0 Å². The molecule has 2 N–H and O–H groups in total. The number of carbonyl (C=O) groups is 1. The van der Waals surface area contributed by atoms with Crippen LogP contribution in [0.2, 0.25) is 0 Å². The zero-order chi connectivity index (χ0) is 22.3. The number of anilines is 1. The number of nitrogens with zero attached hydrogens (tertiary/aromatic N) is 3. The van der Waals surface area contributed by atoms with Crippen LogP contribution in [-0.4, -0.2) is 41.5 Å². The predicted octanol–water partition coefficient (Wildman–Crippen LogP) is 2.65. The highest BCUT2D eigenvalue weighted by atomic mass is 32.2. The molecule has 4 rings (SSSR count). The fraction of sp³-hybridized carbons (Fsp3) is 0.263. The quantitative estimate of drug-likeness (QED) is 0.617. The molecule has 3 heterocycles. The minimum Gasteiger partial charge on any atom is -0.325 e. The van der Waals surface area contributed by atoms with Crippen molar-refractivity contribution in [2.24, 2.45) is 7.05 Å². The molecule has 1 saturated heterocycles. The highest BCUT2D eigenvalue weighted by molar-refractivity contribution is 7.87. The maximum absolute atomic E-state index is 13.5. The second-order valence-corrected chi connectivity index (χ2v) is 10.0. The van der Waals surface area contributed by atoms with Crippen molar-refractivity contribution >= 4 is 33.1 Å². The average molecular weight is 468 g/mol. The van der Waals surface area contributed by atoms with E-state index in [0.29, 0.717) is 0 Å². The number of aromatic nitrogens is 2. The normalized spacial score (nSPS) is 21.2. The Morgan fingerprint density at radius 1 is 1.23 bits per heavy atom. The summed E-state index contributed by atoms with van der Waals surface area (Å²) in [7, 11) is -0.833. The second kappa shape index (κ2) is 8.11. The molecule has 0 saturated carbocycles. The molecule has 2 aromatic heterocycles. The summed E-state index contributed by atoms with van der Waals surface area (Å²) in [6, 6.07) is 4.99. The van der Waals surface area contributed by atoms with E-state index in [0.717, 1.165) is 31.8 Å². The molecule has 1 aromatic carbocycles. The molecule has 3 aromatic rings. The van der Waals surface area contributed by atoms with Crippen molar-refractivity contribution in [1.82, 2.24) is 18.8 Å². The van der Waals surface area contributed by atoms with Crippen molar-refractivity contribution in [1.29, 1.82) is 0 Å². The molecule has 0 bridgehead atoms. The van der Waals surface area contributed by atoms with Crippen LogP contribution in [0.4, 0.5) is 14.5 Å². The zero-order valence-electron chi connectivity index (χ0n) is 16.5. The summed E-state index contributed by atoms with van der Waals surface area (Å²) in [5.41, 5.74) is 0.946. The monoisotopic (exact) mass is 467 g/mol. The maximum Gasteiger partial charge on any atom is 0.280 e. The van der Waals surface area contributed by atoms with Crippen LogP contribution in [0.1, 0.15) is 17.3 Å². The van der Waals surface area contributed by atoms with E-state index in [-0.39, 0.29) is 12.1 Å². The largest absolute Gasteiger partial charge is 0.325 e. The minimum absolute atomic E-state index is 0.0415. The summed E-state index contributed by atoms with van der Waals surface area (Å²) < 4.78 is 57.0. The number of hydrogen-bond acceptors (Lipinski definition) is 5. The number of halogens is 2. The van der Waals surface area contributed by atoms with Crippen molar-refractivity contribution in [2.45, 2.75) is 18.5 Å². The van der Waals surface area contributed by atoms with E-state index in [2.05, 4.69) is 15.1 Å². The smallest absolute Gasteiger partial charge is 0.280 e. The first-order valence-corrected chi connectivity index (χ1v) is 11.5. The molecule has 2 unspecified atom stereocenters. The number of hydrogen-bond donors (Lipinski definition) is 2. The number of likely N-dealkylation sites (N-methyl/N-ethyl adjacent to an activating group) is 1. The Morgan fingerprint density at radius 3 is 2.68 bits per heavy atom. The molecule has 0 radical (unpaired) electrons. The molecule has 1 aliphatic heterocycles. The van der Waals surface area contributed by atoms with Gasteiger partial charge in [-0.1, -0.05) is 0 Å². The van der Waals surface area contributed by atoms with Gasteiger partial charge in [-0.15, -0.1) is 11.3 Å². The molecule has 164 valence electrons. The fourth-order valence-corrected chi connectivity index (χ4v) is 5.73. The Balaban J connectivity index is 1.57. The Kier molecular flexibility index (Phi) is 5.64. The molecule has 0 spiro atoms. The summed E-state index contributed by atoms with van der Waals surface area (Å²) in [6.07, 6.45) is 3.73. The van der Waals surface area contributed by atoms with Gasteiger partial charge in [0.1, 0.15) is 6.04 Å². The van der Waals surface area contributed by atoms with Gasteiger partial charge in [-0.3, -0.25) is 9.48 Å². The summed E-state index contributed by atoms with van der Waals surface area (Å²) in [5, 5.41) is 6.60. The number of thiophene rings is 1. The number of rotatable bonds is 4. The van der Waals surface area contributed by atoms with E-state index < -0.39 is 39.8 Å². The topological polar surface area (TPSA) is 96.3 Å². The van der Waals surface area contributed by atoms with Crippen LogP contribution in [0.25, 0.3) is 10.4 Å². The van der Waals surface area contributed by atoms with Gasteiger partial charge >= 0.3 is 0 Å². The number of benzene rings is 1. The Labute approximate surface area is 181 Å². The predicted molar refractivity (Wildman–Crippen MR) is 112 cm³/mol. The van der Waals surface area contributed by atoms with Gasteiger partial charge in [-0.25, -0.2) is 8.78 Å². The lowest BCUT2D eigenvalue weighted by Gasteiger charge is -2.35. The average Bonchev–Trinajstić information content (AvgIpc) is 3.35. The van der Waals surface area contributed by atoms with Crippen LogP contribution in [0.15, 0.2) is 42.7 Å². The minimum atomic E-state index is -3.93. The fourth-order valence-electron chi connectivity index (χ4n) is 3.34. The van der Waals surface area contributed by atoms with Gasteiger partial charge in [0.15, 0.2) is 11.6 Å². The van der Waals surface area contributed by atoms with Crippen LogP contribution in [-0.2, 0) is 22.1 Å². The molecular formula is C19H19F2N5O3S2. The van der Waals surface area contributed by atoms with Gasteiger partial charge in [0, 0.05) is 47.4 Å². The van der Waals surface area contributed by atoms with Gasteiger partial charge in [-0.2, -0.15) is 22.5 Å². The molecule has 12 heteroatoms. The third-order valence-electron chi connectivity index (χ3n) is 5.02. The molecule has 1 fully saturated rings. The Morgan fingerprint density at radius 2 is 2.00 bits per heavy atom. The molecule has 8 nitrogen and oxygen atoms in total. The van der Waals surface area contributed by atoms with E-state index in [4.69, 9.17) is 0 Å². The van der Waals surface area contributed by atoms with E-state index >= 15 is 0 Å². The second-order valence-electron chi connectivity index (χ2n) is 7.17. The maximum atomic E-state index is 13.5. The number of nitrogens with one attached hydrogen (secondary N) is 2. The summed E-state index contributed by atoms with van der Waals surface area (Å²) in [5.74, 6) is -2.78. The van der Waals surface area contributed by atoms with Crippen molar-refractivity contribution in [2.75, 3.05) is 12.4 Å².